The highest BCUT2D eigenvalue weighted by Gasteiger charge is 2.28. The average Bonchev–Trinajstić information content (AvgIpc) is 2.86. The molecular formula is C27H25ClN2O4S. The van der Waals surface area contributed by atoms with Gasteiger partial charge in [0.25, 0.3) is 10.0 Å². The van der Waals surface area contributed by atoms with Crippen molar-refractivity contribution in [2.24, 2.45) is 0 Å². The number of hydrogen-bond acceptors (Lipinski definition) is 4. The topological polar surface area (TPSA) is 75.7 Å². The molecule has 6 nitrogen and oxygen atoms in total. The molecule has 0 fully saturated rings. The highest BCUT2D eigenvalue weighted by atomic mass is 35.5. The number of nitrogens with zero attached hydrogens (tertiary/aromatic N) is 1. The number of fused-ring (bicyclic) bond motifs is 1. The van der Waals surface area contributed by atoms with E-state index in [-0.39, 0.29) is 22.2 Å². The summed E-state index contributed by atoms with van der Waals surface area (Å²) in [5.41, 5.74) is 2.13. The van der Waals surface area contributed by atoms with E-state index >= 15 is 0 Å². The van der Waals surface area contributed by atoms with Crippen LogP contribution in [0.15, 0.2) is 89.8 Å². The molecule has 0 aliphatic carbocycles. The van der Waals surface area contributed by atoms with E-state index in [0.29, 0.717) is 5.75 Å². The molecule has 0 heterocycles. The van der Waals surface area contributed by atoms with Gasteiger partial charge >= 0.3 is 0 Å². The molecule has 0 atom stereocenters. The summed E-state index contributed by atoms with van der Waals surface area (Å²) in [6, 6.07) is 24.9. The number of anilines is 1. The van der Waals surface area contributed by atoms with E-state index in [2.05, 4.69) is 5.32 Å². The smallest absolute Gasteiger partial charge is 0.264 e. The average molecular weight is 509 g/mol. The van der Waals surface area contributed by atoms with E-state index in [4.69, 9.17) is 16.3 Å². The summed E-state index contributed by atoms with van der Waals surface area (Å²) >= 11 is 6.28. The molecule has 0 aliphatic rings. The first-order valence-corrected chi connectivity index (χ1v) is 12.8. The first kappa shape index (κ1) is 24.6. The maximum atomic E-state index is 13.6. The minimum absolute atomic E-state index is 0.0805. The van der Waals surface area contributed by atoms with Gasteiger partial charge in [-0.2, -0.15) is 0 Å². The number of rotatable bonds is 8. The van der Waals surface area contributed by atoms with Crippen LogP contribution in [-0.2, 0) is 21.4 Å². The normalized spacial score (nSPS) is 11.3. The lowest BCUT2D eigenvalue weighted by Gasteiger charge is -2.25. The fourth-order valence-corrected chi connectivity index (χ4v) is 5.45. The van der Waals surface area contributed by atoms with Gasteiger partial charge in [-0.15, -0.1) is 0 Å². The van der Waals surface area contributed by atoms with Crippen molar-refractivity contribution in [2.45, 2.75) is 18.4 Å². The predicted octanol–water partition coefficient (Wildman–Crippen LogP) is 5.32. The van der Waals surface area contributed by atoms with Crippen molar-refractivity contribution in [1.29, 1.82) is 0 Å². The van der Waals surface area contributed by atoms with E-state index in [1.165, 1.54) is 25.3 Å². The molecule has 0 spiro atoms. The van der Waals surface area contributed by atoms with Crippen molar-refractivity contribution < 1.29 is 17.9 Å². The summed E-state index contributed by atoms with van der Waals surface area (Å²) in [5, 5.41) is 5.19. The molecule has 180 valence electrons. The summed E-state index contributed by atoms with van der Waals surface area (Å²) in [4.78, 5) is 13.1. The Balaban J connectivity index is 1.62. The standard InChI is InChI=1S/C27H25ClN2O4S/c1-19-10-13-23(14-11-19)35(32,33)30(22-12-15-26(34-2)25(28)16-22)18-27(31)29-17-21-8-5-7-20-6-3-4-9-24(20)21/h3-16H,17-18H2,1-2H3,(H,29,31). The molecule has 0 radical (unpaired) electrons. The first-order chi connectivity index (χ1) is 16.8. The monoisotopic (exact) mass is 508 g/mol. The van der Waals surface area contributed by atoms with Gasteiger partial charge in [-0.3, -0.25) is 9.10 Å². The first-order valence-electron chi connectivity index (χ1n) is 11.0. The van der Waals surface area contributed by atoms with Crippen molar-refractivity contribution in [3.05, 3.63) is 101 Å². The number of methoxy groups -OCH3 is 1. The highest BCUT2D eigenvalue weighted by Crippen LogP contribution is 2.32. The predicted molar refractivity (Wildman–Crippen MR) is 140 cm³/mol. The molecular weight excluding hydrogens is 484 g/mol. The van der Waals surface area contributed by atoms with Gasteiger partial charge in [0.15, 0.2) is 0 Å². The number of halogens is 1. The second-order valence-corrected chi connectivity index (χ2v) is 10.3. The summed E-state index contributed by atoms with van der Waals surface area (Å²) in [6.07, 6.45) is 0. The van der Waals surface area contributed by atoms with Crippen LogP contribution in [0.1, 0.15) is 11.1 Å². The SMILES string of the molecule is COc1ccc(N(CC(=O)NCc2cccc3ccccc23)S(=O)(=O)c2ccc(C)cc2)cc1Cl. The van der Waals surface area contributed by atoms with Crippen LogP contribution in [0.4, 0.5) is 5.69 Å². The number of carbonyl (C=O) groups is 1. The zero-order valence-corrected chi connectivity index (χ0v) is 20.9. The van der Waals surface area contributed by atoms with E-state index < -0.39 is 22.5 Å². The van der Waals surface area contributed by atoms with Crippen LogP contribution < -0.4 is 14.4 Å². The van der Waals surface area contributed by atoms with Crippen molar-refractivity contribution in [2.75, 3.05) is 18.0 Å². The minimum Gasteiger partial charge on any atom is -0.495 e. The fraction of sp³-hybridized carbons (Fsp3) is 0.148. The molecule has 0 aliphatic heterocycles. The Morgan fingerprint density at radius 1 is 0.971 bits per heavy atom. The second-order valence-electron chi connectivity index (χ2n) is 8.06. The van der Waals surface area contributed by atoms with Gasteiger partial charge in [-0.1, -0.05) is 71.8 Å². The Hall–Kier alpha value is -3.55. The molecule has 0 bridgehead atoms. The van der Waals surface area contributed by atoms with Gasteiger partial charge < -0.3 is 10.1 Å². The molecule has 1 N–H and O–H groups in total. The third-order valence-corrected chi connectivity index (χ3v) is 7.76. The number of sulfonamides is 1. The van der Waals surface area contributed by atoms with Crippen molar-refractivity contribution in [1.82, 2.24) is 5.32 Å². The quantitative estimate of drug-likeness (QED) is 0.349. The van der Waals surface area contributed by atoms with Crippen molar-refractivity contribution >= 4 is 44.0 Å². The van der Waals surface area contributed by atoms with Gasteiger partial charge in [0.05, 0.1) is 22.7 Å². The van der Waals surface area contributed by atoms with Crippen LogP contribution in [0.5, 0.6) is 5.75 Å². The Bertz CT molecular complexity index is 1470. The molecule has 0 saturated heterocycles. The Kier molecular flexibility index (Phi) is 7.28. The Morgan fingerprint density at radius 3 is 2.40 bits per heavy atom. The van der Waals surface area contributed by atoms with E-state index in [1.54, 1.807) is 24.3 Å². The van der Waals surface area contributed by atoms with E-state index in [0.717, 1.165) is 26.2 Å². The Labute approximate surface area is 210 Å². The van der Waals surface area contributed by atoms with Gasteiger partial charge in [0.1, 0.15) is 12.3 Å². The largest absolute Gasteiger partial charge is 0.495 e. The second kappa shape index (κ2) is 10.4. The maximum Gasteiger partial charge on any atom is 0.264 e. The third-order valence-electron chi connectivity index (χ3n) is 5.68. The fourth-order valence-electron chi connectivity index (χ4n) is 3.79. The lowest BCUT2D eigenvalue weighted by molar-refractivity contribution is -0.119. The summed E-state index contributed by atoms with van der Waals surface area (Å²) in [6.45, 7) is 1.73. The number of amides is 1. The zero-order valence-electron chi connectivity index (χ0n) is 19.4. The Morgan fingerprint density at radius 2 is 1.69 bits per heavy atom. The van der Waals surface area contributed by atoms with Crippen LogP contribution in [-0.4, -0.2) is 28.0 Å². The van der Waals surface area contributed by atoms with Crippen LogP contribution in [0.3, 0.4) is 0 Å². The number of carbonyl (C=O) groups excluding carboxylic acids is 1. The summed E-state index contributed by atoms with van der Waals surface area (Å²) < 4.78 is 33.4. The molecule has 4 aromatic carbocycles. The van der Waals surface area contributed by atoms with Gasteiger partial charge in [-0.05, 0) is 53.6 Å². The lowest BCUT2D eigenvalue weighted by atomic mass is 10.0. The molecule has 1 amide bonds. The zero-order chi connectivity index (χ0) is 25.0. The lowest BCUT2D eigenvalue weighted by Crippen LogP contribution is -2.40. The minimum atomic E-state index is -4.05. The van der Waals surface area contributed by atoms with E-state index in [1.807, 2.05) is 49.4 Å². The van der Waals surface area contributed by atoms with Crippen LogP contribution >= 0.6 is 11.6 Å². The van der Waals surface area contributed by atoms with Crippen LogP contribution in [0.25, 0.3) is 10.8 Å². The van der Waals surface area contributed by atoms with Crippen molar-refractivity contribution in [3.63, 3.8) is 0 Å². The van der Waals surface area contributed by atoms with Crippen LogP contribution in [0.2, 0.25) is 5.02 Å². The van der Waals surface area contributed by atoms with Gasteiger partial charge in [0, 0.05) is 6.54 Å². The molecule has 0 aromatic heterocycles. The number of nitrogens with one attached hydrogen (secondary N) is 1. The number of aryl methyl sites for hydroxylation is 1. The highest BCUT2D eigenvalue weighted by molar-refractivity contribution is 7.92. The number of benzene rings is 4. The number of hydrogen-bond donors (Lipinski definition) is 1. The molecule has 4 aromatic rings. The molecule has 35 heavy (non-hydrogen) atoms. The summed E-state index contributed by atoms with van der Waals surface area (Å²) in [5.74, 6) is -0.0379. The molecule has 0 saturated carbocycles. The molecule has 8 heteroatoms. The number of ether oxygens (including phenoxy) is 1. The summed E-state index contributed by atoms with van der Waals surface area (Å²) in [7, 11) is -2.57. The van der Waals surface area contributed by atoms with Crippen molar-refractivity contribution in [3.8, 4) is 5.75 Å². The maximum absolute atomic E-state index is 13.6. The van der Waals surface area contributed by atoms with E-state index in [9.17, 15) is 13.2 Å². The molecule has 4 rings (SSSR count). The van der Waals surface area contributed by atoms with Gasteiger partial charge in [0.2, 0.25) is 5.91 Å². The van der Waals surface area contributed by atoms with Gasteiger partial charge in [-0.25, -0.2) is 8.42 Å². The van der Waals surface area contributed by atoms with Crippen LogP contribution in [0, 0.1) is 6.92 Å². The third kappa shape index (κ3) is 5.42. The molecule has 0 unspecified atom stereocenters.